The van der Waals surface area contributed by atoms with Gasteiger partial charge in [-0.15, -0.1) is 0 Å². The Morgan fingerprint density at radius 2 is 0.833 bits per heavy atom. The Balaban J connectivity index is 0.000000212. The van der Waals surface area contributed by atoms with Gasteiger partial charge in [-0.25, -0.2) is 8.78 Å². The Bertz CT molecular complexity index is 4040. The first-order valence-electron chi connectivity index (χ1n) is 33.9. The summed E-state index contributed by atoms with van der Waals surface area (Å²) in [5, 5.41) is 1.11. The molecule has 3 heterocycles. The Morgan fingerprint density at radius 1 is 0.490 bits per heavy atom. The van der Waals surface area contributed by atoms with E-state index >= 15 is 0 Å². The highest BCUT2D eigenvalue weighted by molar-refractivity contribution is 7.98. The van der Waals surface area contributed by atoms with Crippen molar-refractivity contribution in [3.63, 3.8) is 0 Å². The summed E-state index contributed by atoms with van der Waals surface area (Å²) in [6.45, 7) is 26.4. The lowest BCUT2D eigenvalue weighted by Crippen LogP contribution is -2.41. The minimum absolute atomic E-state index is 0.00273. The first-order chi connectivity index (χ1) is 46.2. The molecule has 8 aromatic rings. The van der Waals surface area contributed by atoms with Crippen molar-refractivity contribution in [3.05, 3.63) is 228 Å². The fourth-order valence-electron chi connectivity index (χ4n) is 12.4. The van der Waals surface area contributed by atoms with Gasteiger partial charge in [0.1, 0.15) is 24.7 Å². The number of thioether (sulfide) groups is 2. The van der Waals surface area contributed by atoms with Crippen molar-refractivity contribution in [1.82, 2.24) is 38.7 Å². The number of benzene rings is 6. The summed E-state index contributed by atoms with van der Waals surface area (Å²) in [6, 6.07) is 46.1. The van der Waals surface area contributed by atoms with Gasteiger partial charge in [0.15, 0.2) is 10.3 Å². The number of carbonyl (C=O) groups excluding carboxylic acids is 2. The monoisotopic (exact) mass is 1340 g/mol. The molecule has 0 N–H and O–H groups in total. The topological polar surface area (TPSA) is 135 Å². The molecule has 0 saturated carbocycles. The van der Waals surface area contributed by atoms with Crippen molar-refractivity contribution in [2.45, 2.75) is 160 Å². The van der Waals surface area contributed by atoms with Crippen LogP contribution in [0.4, 0.5) is 8.78 Å². The van der Waals surface area contributed by atoms with Gasteiger partial charge in [0.05, 0.1) is 11.2 Å². The van der Waals surface area contributed by atoms with Crippen LogP contribution in [0.15, 0.2) is 165 Å². The summed E-state index contributed by atoms with van der Waals surface area (Å²) in [6.07, 6.45) is 4.64. The number of hydrogen-bond acceptors (Lipinski definition) is 12. The van der Waals surface area contributed by atoms with E-state index in [4.69, 9.17) is 9.31 Å². The van der Waals surface area contributed by atoms with E-state index in [1.165, 1.54) is 58.9 Å². The van der Waals surface area contributed by atoms with E-state index in [0.717, 1.165) is 132 Å². The second kappa shape index (κ2) is 32.7. The van der Waals surface area contributed by atoms with Crippen molar-refractivity contribution >= 4 is 47.9 Å². The highest BCUT2D eigenvalue weighted by Crippen LogP contribution is 2.37. The SMILES string of the molecule is CCN(CC)CCN(Cc1ccc(-c2ccc(C)cc2)cc1)C(=O)Cn1c(SCc2ccc([18F])cc2)nc(=O)c2c1CCC2.CCN(CC)CCN(Cc1ccc(-c2ccc(F)cc2)cc1)C(=O)Cn1c(SCc2ccc(B3OC(C)(C)C(C)(C)O3)cc2)nc(=O)c2c1CCC2. The molecule has 0 spiro atoms. The lowest BCUT2D eigenvalue weighted by Gasteiger charge is -2.32. The highest BCUT2D eigenvalue weighted by atomic mass is 32.2. The van der Waals surface area contributed by atoms with Gasteiger partial charge in [0, 0.05) is 73.3 Å². The van der Waals surface area contributed by atoms with Crippen LogP contribution in [0, 0.1) is 18.6 Å². The van der Waals surface area contributed by atoms with Crippen LogP contribution < -0.4 is 16.6 Å². The number of carbonyl (C=O) groups is 2. The predicted octanol–water partition coefficient (Wildman–Crippen LogP) is 13.0. The number of halogens is 2. The molecule has 504 valence electrons. The fraction of sp³-hybridized carbons (Fsp3) is 0.403. The standard InChI is InChI=1S/C41H50BFN4O4S.C36H41FN4O2S/c1-7-45(8-2)24-25-46(26-29-12-16-31(17-13-29)32-18-22-34(43)23-19-32)37(48)27-47-36-11-9-10-35(36)38(49)44-39(47)52-28-30-14-20-33(21-15-30)42-50-40(3,4)41(5,6)51-42;1-4-39(5-2)21-22-40(23-27-11-17-30(18-12-27)29-15-9-26(3)10-16-29)34(42)24-41-33-8-6-7-32(33)35(43)38-36(41)44-25-28-13-19-31(37)20-14-28/h12-23H,7-11,24-28H2,1-6H3;9-20H,4-8,21-25H2,1-3H3/i;37-1. The lowest BCUT2D eigenvalue weighted by molar-refractivity contribution is -0.133. The van der Waals surface area contributed by atoms with Gasteiger partial charge in [-0.05, 0) is 174 Å². The number of aryl methyl sites for hydroxylation is 1. The summed E-state index contributed by atoms with van der Waals surface area (Å²) in [5.41, 5.74) is 12.6. The summed E-state index contributed by atoms with van der Waals surface area (Å²) in [7, 11) is -0.432. The largest absolute Gasteiger partial charge is 0.494 e. The molecule has 1 saturated heterocycles. The highest BCUT2D eigenvalue weighted by Gasteiger charge is 2.51. The molecule has 14 nitrogen and oxygen atoms in total. The molecule has 0 atom stereocenters. The molecule has 2 aromatic heterocycles. The molecule has 0 radical (unpaired) electrons. The third kappa shape index (κ3) is 18.0. The van der Waals surface area contributed by atoms with E-state index in [1.54, 1.807) is 24.3 Å². The Morgan fingerprint density at radius 3 is 1.22 bits per heavy atom. The van der Waals surface area contributed by atoms with Crippen LogP contribution in [0.25, 0.3) is 22.3 Å². The van der Waals surface area contributed by atoms with Crippen LogP contribution in [-0.4, -0.2) is 121 Å². The minimum Gasteiger partial charge on any atom is -0.399 e. The minimum atomic E-state index is -0.432. The second-order valence-corrected chi connectivity index (χ2v) is 28.0. The molecule has 2 aliphatic carbocycles. The van der Waals surface area contributed by atoms with Gasteiger partial charge < -0.3 is 38.0 Å². The number of hydrogen-bond donors (Lipinski definition) is 0. The van der Waals surface area contributed by atoms with Crippen LogP contribution in [0.3, 0.4) is 0 Å². The molecular weight excluding hydrogens is 1240 g/mol. The van der Waals surface area contributed by atoms with Gasteiger partial charge in [-0.1, -0.05) is 178 Å². The fourth-order valence-corrected chi connectivity index (χ4v) is 14.4. The van der Waals surface area contributed by atoms with Crippen molar-refractivity contribution in [1.29, 1.82) is 0 Å². The predicted molar refractivity (Wildman–Crippen MR) is 384 cm³/mol. The van der Waals surface area contributed by atoms with E-state index in [-0.39, 0.29) is 47.7 Å². The zero-order chi connectivity index (χ0) is 68.1. The van der Waals surface area contributed by atoms with Crippen molar-refractivity contribution < 1.29 is 27.7 Å². The van der Waals surface area contributed by atoms with Crippen LogP contribution in [-0.2, 0) is 82.3 Å². The quantitative estimate of drug-likeness (QED) is 0.0275. The zero-order valence-corrected chi connectivity index (χ0v) is 58.8. The van der Waals surface area contributed by atoms with Crippen molar-refractivity contribution in [3.8, 4) is 22.3 Å². The summed E-state index contributed by atoms with van der Waals surface area (Å²) < 4.78 is 43.4. The van der Waals surface area contributed by atoms with Gasteiger partial charge in [0.2, 0.25) is 11.8 Å². The number of aromatic nitrogens is 4. The number of fused-ring (bicyclic) bond motifs is 2. The molecule has 1 fully saturated rings. The molecule has 96 heavy (non-hydrogen) atoms. The number of likely N-dealkylation sites (N-methyl/N-ethyl adjacent to an activating group) is 2. The van der Waals surface area contributed by atoms with E-state index in [2.05, 4.69) is 115 Å². The summed E-state index contributed by atoms with van der Waals surface area (Å²) in [4.78, 5) is 71.9. The Hall–Kier alpha value is -7.52. The van der Waals surface area contributed by atoms with Crippen LogP contribution in [0.2, 0.25) is 0 Å². The molecule has 19 heteroatoms. The Kier molecular flexibility index (Phi) is 24.3. The summed E-state index contributed by atoms with van der Waals surface area (Å²) >= 11 is 2.91. The van der Waals surface area contributed by atoms with E-state index in [0.29, 0.717) is 60.8 Å². The molecule has 0 bridgehead atoms. The van der Waals surface area contributed by atoms with Crippen LogP contribution >= 0.6 is 23.5 Å². The van der Waals surface area contributed by atoms with Gasteiger partial charge in [-0.3, -0.25) is 19.2 Å². The van der Waals surface area contributed by atoms with Crippen molar-refractivity contribution in [2.24, 2.45) is 0 Å². The maximum absolute atomic E-state index is 14.3. The molecular formula is C77H91BF2N8O6S2. The average molecular weight is 1340 g/mol. The zero-order valence-electron chi connectivity index (χ0n) is 57.2. The number of rotatable bonds is 27. The number of amides is 2. The van der Waals surface area contributed by atoms with Crippen molar-refractivity contribution in [2.75, 3.05) is 52.4 Å². The third-order valence-electron chi connectivity index (χ3n) is 19.2. The molecule has 3 aliphatic rings. The summed E-state index contributed by atoms with van der Waals surface area (Å²) in [5.74, 6) is 0.562. The maximum atomic E-state index is 14.3. The van der Waals surface area contributed by atoms with Crippen LogP contribution in [0.1, 0.15) is 119 Å². The lowest BCUT2D eigenvalue weighted by atomic mass is 9.79. The molecule has 11 rings (SSSR count). The second-order valence-electron chi connectivity index (χ2n) is 26.1. The first-order valence-corrected chi connectivity index (χ1v) is 35.9. The smallest absolute Gasteiger partial charge is 0.399 e. The van der Waals surface area contributed by atoms with Gasteiger partial charge in [0.25, 0.3) is 11.1 Å². The average Bonchev–Trinajstić information content (AvgIpc) is 1.60. The molecule has 2 amide bonds. The first kappa shape index (κ1) is 71.3. The van der Waals surface area contributed by atoms with E-state index in [9.17, 15) is 28.0 Å². The third-order valence-corrected chi connectivity index (χ3v) is 21.3. The normalized spacial score (nSPS) is 14.4. The number of nitrogens with zero attached hydrogens (tertiary/aromatic N) is 8. The Labute approximate surface area is 574 Å². The maximum Gasteiger partial charge on any atom is 0.494 e. The molecule has 6 aromatic carbocycles. The van der Waals surface area contributed by atoms with E-state index in [1.807, 2.05) is 83.0 Å². The van der Waals surface area contributed by atoms with Gasteiger partial charge in [-0.2, -0.15) is 9.97 Å². The van der Waals surface area contributed by atoms with E-state index < -0.39 is 18.3 Å². The molecule has 1 aliphatic heterocycles. The molecule has 0 unspecified atom stereocenters. The van der Waals surface area contributed by atoms with Gasteiger partial charge >= 0.3 is 7.12 Å². The van der Waals surface area contributed by atoms with Crippen LogP contribution in [0.5, 0.6) is 0 Å².